The van der Waals surface area contributed by atoms with Crippen LogP contribution >= 0.6 is 11.3 Å². The molecular formula is C15H16F3N3OS. The zero-order chi connectivity index (χ0) is 16.9. The third-order valence-corrected chi connectivity index (χ3v) is 3.98. The number of anilines is 1. The van der Waals surface area contributed by atoms with Gasteiger partial charge in [0.15, 0.2) is 5.13 Å². The first-order valence-corrected chi connectivity index (χ1v) is 7.81. The lowest BCUT2D eigenvalue weighted by molar-refractivity contribution is -0.137. The van der Waals surface area contributed by atoms with Crippen molar-refractivity contribution >= 4 is 22.4 Å². The van der Waals surface area contributed by atoms with Crippen molar-refractivity contribution in [2.45, 2.75) is 25.4 Å². The van der Waals surface area contributed by atoms with E-state index < -0.39 is 11.7 Å². The van der Waals surface area contributed by atoms with E-state index in [0.29, 0.717) is 30.9 Å². The van der Waals surface area contributed by atoms with Crippen LogP contribution in [0.5, 0.6) is 0 Å². The van der Waals surface area contributed by atoms with Crippen molar-refractivity contribution in [2.24, 2.45) is 5.73 Å². The highest BCUT2D eigenvalue weighted by Gasteiger charge is 2.29. The third-order valence-electron chi connectivity index (χ3n) is 3.07. The summed E-state index contributed by atoms with van der Waals surface area (Å²) in [5, 5.41) is 3.16. The average molecular weight is 343 g/mol. The normalized spacial score (nSPS) is 11.5. The number of carbonyl (C=O) groups is 1. The molecule has 0 saturated heterocycles. The minimum atomic E-state index is -4.33. The molecular weight excluding hydrogens is 327 g/mol. The molecule has 3 N–H and O–H groups in total. The number of nitrogens with two attached hydrogens (primary N) is 1. The number of nitrogens with one attached hydrogen (secondary N) is 1. The van der Waals surface area contributed by atoms with Crippen molar-refractivity contribution < 1.29 is 18.0 Å². The van der Waals surface area contributed by atoms with Gasteiger partial charge in [0.2, 0.25) is 5.91 Å². The van der Waals surface area contributed by atoms with Crippen LogP contribution in [0.15, 0.2) is 30.5 Å². The van der Waals surface area contributed by atoms with Crippen LogP contribution in [0.3, 0.4) is 0 Å². The standard InChI is InChI=1S/C15H16F3N3OS/c16-15(17,18)11-5-3-10(4-6-11)8-12-9-20-14(23-12)21-13(22)2-1-7-19/h3-6,9H,1-2,7-8,19H2,(H,20,21,22). The van der Waals surface area contributed by atoms with Crippen molar-refractivity contribution in [1.82, 2.24) is 4.98 Å². The highest BCUT2D eigenvalue weighted by molar-refractivity contribution is 7.15. The minimum absolute atomic E-state index is 0.147. The Morgan fingerprint density at radius 3 is 2.57 bits per heavy atom. The largest absolute Gasteiger partial charge is 0.416 e. The lowest BCUT2D eigenvalue weighted by Gasteiger charge is -2.06. The molecule has 1 amide bonds. The number of alkyl halides is 3. The Morgan fingerprint density at radius 1 is 1.26 bits per heavy atom. The van der Waals surface area contributed by atoms with Crippen molar-refractivity contribution in [3.63, 3.8) is 0 Å². The third kappa shape index (κ3) is 5.33. The number of benzene rings is 1. The molecule has 4 nitrogen and oxygen atoms in total. The van der Waals surface area contributed by atoms with Gasteiger partial charge in [0, 0.05) is 23.9 Å². The second-order valence-corrected chi connectivity index (χ2v) is 6.06. The first kappa shape index (κ1) is 17.4. The molecule has 0 radical (unpaired) electrons. The van der Waals surface area contributed by atoms with Crippen molar-refractivity contribution in [2.75, 3.05) is 11.9 Å². The molecule has 8 heteroatoms. The van der Waals surface area contributed by atoms with E-state index in [1.807, 2.05) is 0 Å². The van der Waals surface area contributed by atoms with Crippen LogP contribution in [0.25, 0.3) is 0 Å². The highest BCUT2D eigenvalue weighted by Crippen LogP contribution is 2.29. The lowest BCUT2D eigenvalue weighted by Crippen LogP contribution is -2.13. The van der Waals surface area contributed by atoms with Crippen LogP contribution in [0.1, 0.15) is 28.8 Å². The molecule has 1 heterocycles. The predicted octanol–water partition coefficient (Wildman–Crippen LogP) is 3.43. The zero-order valence-corrected chi connectivity index (χ0v) is 13.0. The van der Waals surface area contributed by atoms with Gasteiger partial charge < -0.3 is 11.1 Å². The molecule has 124 valence electrons. The smallest absolute Gasteiger partial charge is 0.330 e. The second kappa shape index (κ2) is 7.56. The molecule has 2 aromatic rings. The summed E-state index contributed by atoms with van der Waals surface area (Å²) in [6.45, 7) is 0.449. The summed E-state index contributed by atoms with van der Waals surface area (Å²) in [4.78, 5) is 16.5. The summed E-state index contributed by atoms with van der Waals surface area (Å²) in [7, 11) is 0. The average Bonchev–Trinajstić information content (AvgIpc) is 2.91. The molecule has 0 unspecified atom stereocenters. The molecule has 0 aliphatic heterocycles. The molecule has 0 aliphatic carbocycles. The second-order valence-electron chi connectivity index (χ2n) is 4.94. The molecule has 0 bridgehead atoms. The quantitative estimate of drug-likeness (QED) is 0.844. The van der Waals surface area contributed by atoms with E-state index in [9.17, 15) is 18.0 Å². The van der Waals surface area contributed by atoms with Gasteiger partial charge >= 0.3 is 6.18 Å². The fraction of sp³-hybridized carbons (Fsp3) is 0.333. The Balaban J connectivity index is 1.95. The molecule has 0 atom stereocenters. The van der Waals surface area contributed by atoms with E-state index in [1.54, 1.807) is 6.20 Å². The van der Waals surface area contributed by atoms with Gasteiger partial charge in [-0.25, -0.2) is 4.98 Å². The molecule has 0 fully saturated rings. The van der Waals surface area contributed by atoms with Gasteiger partial charge in [0.05, 0.1) is 5.56 Å². The maximum atomic E-state index is 12.5. The number of aromatic nitrogens is 1. The number of thiazole rings is 1. The first-order valence-electron chi connectivity index (χ1n) is 6.99. The van der Waals surface area contributed by atoms with Crippen LogP contribution in [-0.4, -0.2) is 17.4 Å². The Morgan fingerprint density at radius 2 is 1.96 bits per heavy atom. The van der Waals surface area contributed by atoms with Crippen LogP contribution in [0.2, 0.25) is 0 Å². The number of hydrogen-bond donors (Lipinski definition) is 2. The van der Waals surface area contributed by atoms with Gasteiger partial charge in [-0.3, -0.25) is 4.79 Å². The van der Waals surface area contributed by atoms with Crippen LogP contribution in [0.4, 0.5) is 18.3 Å². The Kier molecular flexibility index (Phi) is 5.73. The van der Waals surface area contributed by atoms with E-state index in [1.165, 1.54) is 23.5 Å². The van der Waals surface area contributed by atoms with E-state index >= 15 is 0 Å². The molecule has 23 heavy (non-hydrogen) atoms. The predicted molar refractivity (Wildman–Crippen MR) is 83.3 cm³/mol. The van der Waals surface area contributed by atoms with Crippen LogP contribution in [-0.2, 0) is 17.4 Å². The maximum Gasteiger partial charge on any atom is 0.416 e. The monoisotopic (exact) mass is 343 g/mol. The molecule has 1 aromatic carbocycles. The highest BCUT2D eigenvalue weighted by atomic mass is 32.1. The lowest BCUT2D eigenvalue weighted by atomic mass is 10.1. The van der Waals surface area contributed by atoms with Gasteiger partial charge in [0.25, 0.3) is 0 Å². The molecule has 0 aliphatic rings. The maximum absolute atomic E-state index is 12.5. The van der Waals surface area contributed by atoms with Crippen molar-refractivity contribution in [3.8, 4) is 0 Å². The van der Waals surface area contributed by atoms with Gasteiger partial charge in [-0.2, -0.15) is 13.2 Å². The number of rotatable bonds is 6. The summed E-state index contributed by atoms with van der Waals surface area (Å²) < 4.78 is 37.5. The van der Waals surface area contributed by atoms with Crippen molar-refractivity contribution in [3.05, 3.63) is 46.5 Å². The van der Waals surface area contributed by atoms with Gasteiger partial charge in [0.1, 0.15) is 0 Å². The summed E-state index contributed by atoms with van der Waals surface area (Å²) in [5.74, 6) is -0.147. The number of nitrogens with zero attached hydrogens (tertiary/aromatic N) is 1. The summed E-state index contributed by atoms with van der Waals surface area (Å²) in [6.07, 6.45) is -1.31. The van der Waals surface area contributed by atoms with E-state index in [-0.39, 0.29) is 5.91 Å². The fourth-order valence-corrected chi connectivity index (χ4v) is 2.77. The first-order chi connectivity index (χ1) is 10.9. The van der Waals surface area contributed by atoms with E-state index in [2.05, 4.69) is 10.3 Å². The molecule has 1 aromatic heterocycles. The number of halogens is 3. The molecule has 2 rings (SSSR count). The molecule has 0 saturated carbocycles. The number of carbonyl (C=O) groups excluding carboxylic acids is 1. The summed E-state index contributed by atoms with van der Waals surface area (Å²) in [5.41, 5.74) is 5.42. The van der Waals surface area contributed by atoms with Crippen LogP contribution < -0.4 is 11.1 Å². The SMILES string of the molecule is NCCCC(=O)Nc1ncc(Cc2ccc(C(F)(F)F)cc2)s1. The fourth-order valence-electron chi connectivity index (χ4n) is 1.90. The Labute approximate surface area is 135 Å². The van der Waals surface area contributed by atoms with Crippen molar-refractivity contribution in [1.29, 1.82) is 0 Å². The van der Waals surface area contributed by atoms with Gasteiger partial charge in [-0.15, -0.1) is 11.3 Å². The Hall–Kier alpha value is -1.93. The zero-order valence-electron chi connectivity index (χ0n) is 12.2. The van der Waals surface area contributed by atoms with E-state index in [4.69, 9.17) is 5.73 Å². The number of amides is 1. The van der Waals surface area contributed by atoms with E-state index in [0.717, 1.165) is 22.6 Å². The number of hydrogen-bond acceptors (Lipinski definition) is 4. The van der Waals surface area contributed by atoms with Crippen LogP contribution in [0, 0.1) is 0 Å². The topological polar surface area (TPSA) is 68.0 Å². The minimum Gasteiger partial charge on any atom is -0.330 e. The Bertz CT molecular complexity index is 653. The van der Waals surface area contributed by atoms with Gasteiger partial charge in [-0.1, -0.05) is 12.1 Å². The summed E-state index contributed by atoms with van der Waals surface area (Å²) in [6, 6.07) is 5.02. The summed E-state index contributed by atoms with van der Waals surface area (Å²) >= 11 is 1.30. The molecule has 0 spiro atoms. The van der Waals surface area contributed by atoms with Gasteiger partial charge in [-0.05, 0) is 30.7 Å².